The fourth-order valence-electron chi connectivity index (χ4n) is 3.44. The molecule has 1 atom stereocenters. The van der Waals surface area contributed by atoms with E-state index in [1.807, 2.05) is 47.4 Å². The molecule has 0 aliphatic carbocycles. The third-order valence-electron chi connectivity index (χ3n) is 4.70. The van der Waals surface area contributed by atoms with Crippen LogP contribution < -0.4 is 14.2 Å². The van der Waals surface area contributed by atoms with Crippen molar-refractivity contribution in [1.82, 2.24) is 4.90 Å². The third-order valence-corrected chi connectivity index (χ3v) is 5.23. The Morgan fingerprint density at radius 1 is 1.12 bits per heavy atom. The van der Waals surface area contributed by atoms with Gasteiger partial charge in [-0.2, -0.15) is 0 Å². The first-order valence-electron chi connectivity index (χ1n) is 8.78. The lowest BCUT2D eigenvalue weighted by atomic mass is 10.0. The van der Waals surface area contributed by atoms with Gasteiger partial charge in [0.1, 0.15) is 19.0 Å². The summed E-state index contributed by atoms with van der Waals surface area (Å²) in [5.41, 5.74) is 1.09. The lowest BCUT2D eigenvalue weighted by molar-refractivity contribution is -0.134. The Balaban J connectivity index is 1.44. The van der Waals surface area contributed by atoms with Gasteiger partial charge >= 0.3 is 0 Å². The molecule has 2 heterocycles. The van der Waals surface area contributed by atoms with Crippen LogP contribution in [0.4, 0.5) is 0 Å². The van der Waals surface area contributed by atoms with Crippen molar-refractivity contribution in [3.05, 3.63) is 52.5 Å². The molecule has 4 rings (SSSR count). The molecular weight excluding hydrogens is 398 g/mol. The summed E-state index contributed by atoms with van der Waals surface area (Å²) in [6.45, 7) is 1.93. The fourth-order valence-corrected chi connectivity index (χ4v) is 3.70. The number of amides is 1. The SMILES string of the molecule is O=C(COc1ccc(Br)cc1)N1CCCC1c1ccc2c(c1)OCCO2. The molecule has 26 heavy (non-hydrogen) atoms. The van der Waals surface area contributed by atoms with Gasteiger partial charge in [0.2, 0.25) is 0 Å². The molecule has 1 amide bonds. The zero-order chi connectivity index (χ0) is 17.9. The van der Waals surface area contributed by atoms with E-state index in [0.717, 1.165) is 40.9 Å². The molecule has 2 aliphatic heterocycles. The Hall–Kier alpha value is -2.21. The number of ether oxygens (including phenoxy) is 3. The maximum Gasteiger partial charge on any atom is 0.261 e. The zero-order valence-electron chi connectivity index (χ0n) is 14.3. The van der Waals surface area contributed by atoms with Gasteiger partial charge in [-0.15, -0.1) is 0 Å². The molecule has 0 aromatic heterocycles. The standard InChI is InChI=1S/C20H20BrNO4/c21-15-4-6-16(7-5-15)26-13-20(23)22-9-1-2-17(22)14-3-8-18-19(12-14)25-11-10-24-18/h3-8,12,17H,1-2,9-11,13H2. The largest absolute Gasteiger partial charge is 0.486 e. The Bertz CT molecular complexity index is 793. The van der Waals surface area contributed by atoms with Crippen molar-refractivity contribution in [3.8, 4) is 17.2 Å². The van der Waals surface area contributed by atoms with E-state index in [1.54, 1.807) is 0 Å². The summed E-state index contributed by atoms with van der Waals surface area (Å²) in [7, 11) is 0. The molecule has 0 saturated carbocycles. The number of carbonyl (C=O) groups is 1. The van der Waals surface area contributed by atoms with Crippen LogP contribution in [0.5, 0.6) is 17.2 Å². The maximum atomic E-state index is 12.7. The van der Waals surface area contributed by atoms with E-state index in [4.69, 9.17) is 14.2 Å². The molecule has 1 fully saturated rings. The second-order valence-corrected chi connectivity index (χ2v) is 7.31. The molecule has 2 aromatic rings. The number of hydrogen-bond donors (Lipinski definition) is 0. The average Bonchev–Trinajstić information content (AvgIpc) is 3.17. The van der Waals surface area contributed by atoms with Crippen molar-refractivity contribution in [2.45, 2.75) is 18.9 Å². The molecule has 2 aliphatic rings. The van der Waals surface area contributed by atoms with Crippen LogP contribution in [0.1, 0.15) is 24.4 Å². The minimum atomic E-state index is 0.00491. The number of rotatable bonds is 4. The fraction of sp³-hybridized carbons (Fsp3) is 0.350. The normalized spacial score (nSPS) is 18.7. The number of hydrogen-bond acceptors (Lipinski definition) is 4. The molecule has 1 unspecified atom stereocenters. The Morgan fingerprint density at radius 2 is 1.88 bits per heavy atom. The molecule has 5 nitrogen and oxygen atoms in total. The summed E-state index contributed by atoms with van der Waals surface area (Å²) in [5.74, 6) is 2.23. The molecule has 0 radical (unpaired) electrons. The second-order valence-electron chi connectivity index (χ2n) is 6.39. The number of halogens is 1. The van der Waals surface area contributed by atoms with Gasteiger partial charge in [-0.05, 0) is 54.8 Å². The Labute approximate surface area is 161 Å². The topological polar surface area (TPSA) is 48.0 Å². The van der Waals surface area contributed by atoms with E-state index >= 15 is 0 Å². The smallest absolute Gasteiger partial charge is 0.261 e. The van der Waals surface area contributed by atoms with Gasteiger partial charge in [-0.1, -0.05) is 22.0 Å². The van der Waals surface area contributed by atoms with Crippen LogP contribution in [0.2, 0.25) is 0 Å². The summed E-state index contributed by atoms with van der Waals surface area (Å²) in [6.07, 6.45) is 1.94. The molecular formula is C20H20BrNO4. The first-order valence-corrected chi connectivity index (χ1v) is 9.57. The number of nitrogens with zero attached hydrogens (tertiary/aromatic N) is 1. The van der Waals surface area contributed by atoms with Crippen molar-refractivity contribution in [2.24, 2.45) is 0 Å². The zero-order valence-corrected chi connectivity index (χ0v) is 15.9. The van der Waals surface area contributed by atoms with Crippen molar-refractivity contribution in [3.63, 3.8) is 0 Å². The lowest BCUT2D eigenvalue weighted by Crippen LogP contribution is -2.34. The van der Waals surface area contributed by atoms with Crippen LogP contribution in [0.15, 0.2) is 46.9 Å². The maximum absolute atomic E-state index is 12.7. The number of likely N-dealkylation sites (tertiary alicyclic amines) is 1. The summed E-state index contributed by atoms with van der Waals surface area (Å²) >= 11 is 3.39. The quantitative estimate of drug-likeness (QED) is 0.754. The van der Waals surface area contributed by atoms with E-state index in [0.29, 0.717) is 19.0 Å². The Morgan fingerprint density at radius 3 is 2.69 bits per heavy atom. The predicted octanol–water partition coefficient (Wildman–Crippen LogP) is 3.96. The molecule has 1 saturated heterocycles. The van der Waals surface area contributed by atoms with Gasteiger partial charge in [0.05, 0.1) is 6.04 Å². The minimum Gasteiger partial charge on any atom is -0.486 e. The second kappa shape index (κ2) is 7.58. The van der Waals surface area contributed by atoms with E-state index in [-0.39, 0.29) is 18.6 Å². The van der Waals surface area contributed by atoms with Crippen molar-refractivity contribution >= 4 is 21.8 Å². The highest BCUT2D eigenvalue weighted by molar-refractivity contribution is 9.10. The van der Waals surface area contributed by atoms with Crippen LogP contribution in [-0.4, -0.2) is 37.2 Å². The summed E-state index contributed by atoms with van der Waals surface area (Å²) in [5, 5.41) is 0. The first kappa shape index (κ1) is 17.2. The summed E-state index contributed by atoms with van der Waals surface area (Å²) < 4.78 is 17.9. The van der Waals surface area contributed by atoms with E-state index in [9.17, 15) is 4.79 Å². The first-order chi connectivity index (χ1) is 12.7. The van der Waals surface area contributed by atoms with Gasteiger partial charge in [-0.3, -0.25) is 4.79 Å². The highest BCUT2D eigenvalue weighted by Gasteiger charge is 2.31. The van der Waals surface area contributed by atoms with Crippen LogP contribution in [0, 0.1) is 0 Å². The molecule has 2 aromatic carbocycles. The number of carbonyl (C=O) groups excluding carboxylic acids is 1. The van der Waals surface area contributed by atoms with Gasteiger partial charge in [0.25, 0.3) is 5.91 Å². The van der Waals surface area contributed by atoms with Gasteiger partial charge in [-0.25, -0.2) is 0 Å². The highest BCUT2D eigenvalue weighted by Crippen LogP contribution is 2.38. The molecule has 0 N–H and O–H groups in total. The number of benzene rings is 2. The summed E-state index contributed by atoms with van der Waals surface area (Å²) in [4.78, 5) is 14.6. The minimum absolute atomic E-state index is 0.00491. The van der Waals surface area contributed by atoms with E-state index in [1.165, 1.54) is 0 Å². The molecule has 136 valence electrons. The lowest BCUT2D eigenvalue weighted by Gasteiger charge is -2.26. The van der Waals surface area contributed by atoms with Gasteiger partial charge in [0, 0.05) is 11.0 Å². The van der Waals surface area contributed by atoms with E-state index in [2.05, 4.69) is 15.9 Å². The average molecular weight is 418 g/mol. The molecule has 6 heteroatoms. The summed E-state index contributed by atoms with van der Waals surface area (Å²) in [6, 6.07) is 13.5. The van der Waals surface area contributed by atoms with Gasteiger partial charge in [0.15, 0.2) is 18.1 Å². The third kappa shape index (κ3) is 3.65. The predicted molar refractivity (Wildman–Crippen MR) is 101 cm³/mol. The van der Waals surface area contributed by atoms with Crippen LogP contribution in [-0.2, 0) is 4.79 Å². The van der Waals surface area contributed by atoms with Crippen LogP contribution in [0.25, 0.3) is 0 Å². The van der Waals surface area contributed by atoms with Crippen LogP contribution >= 0.6 is 15.9 Å². The van der Waals surface area contributed by atoms with Crippen molar-refractivity contribution in [1.29, 1.82) is 0 Å². The van der Waals surface area contributed by atoms with Crippen molar-refractivity contribution < 1.29 is 19.0 Å². The molecule has 0 spiro atoms. The number of fused-ring (bicyclic) bond motifs is 1. The Kier molecular flexibility index (Phi) is 5.02. The monoisotopic (exact) mass is 417 g/mol. The van der Waals surface area contributed by atoms with E-state index < -0.39 is 0 Å². The van der Waals surface area contributed by atoms with Crippen LogP contribution in [0.3, 0.4) is 0 Å². The highest BCUT2D eigenvalue weighted by atomic mass is 79.9. The van der Waals surface area contributed by atoms with Gasteiger partial charge < -0.3 is 19.1 Å². The van der Waals surface area contributed by atoms with Crippen molar-refractivity contribution in [2.75, 3.05) is 26.4 Å². The molecule has 0 bridgehead atoms.